The van der Waals surface area contributed by atoms with Crippen molar-refractivity contribution in [2.75, 3.05) is 0 Å². The number of phenols is 1. The second kappa shape index (κ2) is 3.95. The topological polar surface area (TPSA) is 37.3 Å². The van der Waals surface area contributed by atoms with Crippen molar-refractivity contribution in [1.29, 1.82) is 0 Å². The molecule has 3 heteroatoms. The minimum atomic E-state index is -0.489. The zero-order valence-electron chi connectivity index (χ0n) is 9.61. The highest BCUT2D eigenvalue weighted by Crippen LogP contribution is 2.30. The molecule has 0 fully saturated rings. The number of fused-ring (bicyclic) bond motifs is 1. The second-order valence-electron chi connectivity index (χ2n) is 4.49. The van der Waals surface area contributed by atoms with E-state index in [1.165, 1.54) is 12.1 Å². The Morgan fingerprint density at radius 2 is 1.83 bits per heavy atom. The minimum Gasteiger partial charge on any atom is -0.508 e. The highest BCUT2D eigenvalue weighted by molar-refractivity contribution is 6.01. The van der Waals surface area contributed by atoms with Crippen LogP contribution < -0.4 is 0 Å². The summed E-state index contributed by atoms with van der Waals surface area (Å²) in [5.41, 5.74) is 3.09. The van der Waals surface area contributed by atoms with Crippen LogP contribution in [0.2, 0.25) is 0 Å². The number of carbonyl (C=O) groups excluding carboxylic acids is 1. The Morgan fingerprint density at radius 1 is 1.00 bits per heavy atom. The first kappa shape index (κ1) is 11.0. The molecule has 1 aliphatic rings. The van der Waals surface area contributed by atoms with Gasteiger partial charge in [-0.3, -0.25) is 4.79 Å². The van der Waals surface area contributed by atoms with Crippen LogP contribution in [0.1, 0.15) is 22.3 Å². The Bertz CT molecular complexity index is 627. The smallest absolute Gasteiger partial charge is 0.163 e. The summed E-state index contributed by atoms with van der Waals surface area (Å²) in [6, 6.07) is 9.43. The Kier molecular flexibility index (Phi) is 2.40. The minimum absolute atomic E-state index is 0.114. The molecule has 0 aliphatic heterocycles. The summed E-state index contributed by atoms with van der Waals surface area (Å²) < 4.78 is 13.2. The van der Waals surface area contributed by atoms with E-state index in [0.29, 0.717) is 12.0 Å². The molecule has 2 aromatic rings. The molecule has 90 valence electrons. The number of hydrogen-bond acceptors (Lipinski definition) is 2. The Hall–Kier alpha value is -2.16. The lowest BCUT2D eigenvalue weighted by Gasteiger charge is -2.05. The third-order valence-electron chi connectivity index (χ3n) is 3.25. The first-order chi connectivity index (χ1) is 8.63. The molecular formula is C15H11FO2. The average molecular weight is 242 g/mol. The van der Waals surface area contributed by atoms with E-state index in [1.54, 1.807) is 6.07 Å². The number of hydrogen-bond donors (Lipinski definition) is 1. The third-order valence-corrected chi connectivity index (χ3v) is 3.25. The van der Waals surface area contributed by atoms with Crippen LogP contribution in [-0.2, 0) is 6.42 Å². The van der Waals surface area contributed by atoms with Crippen molar-refractivity contribution in [3.63, 3.8) is 0 Å². The maximum absolute atomic E-state index is 13.2. The van der Waals surface area contributed by atoms with Gasteiger partial charge in [-0.15, -0.1) is 0 Å². The largest absolute Gasteiger partial charge is 0.508 e. The van der Waals surface area contributed by atoms with Gasteiger partial charge in [0.15, 0.2) is 5.78 Å². The molecule has 0 unspecified atom stereocenters. The molecule has 0 saturated carbocycles. The molecule has 0 spiro atoms. The molecule has 0 bridgehead atoms. The van der Waals surface area contributed by atoms with Crippen LogP contribution in [0.25, 0.3) is 11.1 Å². The Balaban J connectivity index is 2.12. The molecule has 0 amide bonds. The van der Waals surface area contributed by atoms with Crippen molar-refractivity contribution in [1.82, 2.24) is 0 Å². The summed E-state index contributed by atoms with van der Waals surface area (Å²) in [7, 11) is 0. The van der Waals surface area contributed by atoms with Gasteiger partial charge in [-0.1, -0.05) is 12.1 Å². The maximum atomic E-state index is 13.2. The number of phenolic OH excluding ortho intramolecular Hbond substituents is 1. The van der Waals surface area contributed by atoms with E-state index in [9.17, 15) is 14.3 Å². The lowest BCUT2D eigenvalue weighted by Crippen LogP contribution is -1.92. The number of rotatable bonds is 1. The van der Waals surface area contributed by atoms with E-state index < -0.39 is 5.82 Å². The van der Waals surface area contributed by atoms with E-state index in [-0.39, 0.29) is 11.5 Å². The first-order valence-electron chi connectivity index (χ1n) is 5.79. The number of benzene rings is 2. The van der Waals surface area contributed by atoms with Crippen LogP contribution in [-0.4, -0.2) is 10.9 Å². The number of aryl methyl sites for hydroxylation is 1. The van der Waals surface area contributed by atoms with Gasteiger partial charge in [-0.05, 0) is 41.3 Å². The van der Waals surface area contributed by atoms with Gasteiger partial charge < -0.3 is 5.11 Å². The molecule has 0 heterocycles. The molecule has 0 radical (unpaired) electrons. The van der Waals surface area contributed by atoms with E-state index in [1.807, 2.05) is 12.1 Å². The number of ketones is 1. The summed E-state index contributed by atoms with van der Waals surface area (Å²) in [4.78, 5) is 11.7. The summed E-state index contributed by atoms with van der Waals surface area (Å²) in [5, 5.41) is 9.39. The summed E-state index contributed by atoms with van der Waals surface area (Å²) in [6.45, 7) is 0. The molecule has 2 nitrogen and oxygen atoms in total. The van der Waals surface area contributed by atoms with Gasteiger partial charge >= 0.3 is 0 Å². The molecule has 0 aromatic heterocycles. The normalized spacial score (nSPS) is 13.7. The lowest BCUT2D eigenvalue weighted by molar-refractivity contribution is 0.0994. The van der Waals surface area contributed by atoms with Crippen molar-refractivity contribution in [3.05, 3.63) is 53.3 Å². The molecule has 1 N–H and O–H groups in total. The molecule has 18 heavy (non-hydrogen) atoms. The number of Topliss-reactive ketones (excluding diaryl/α,β-unsaturated/α-hetero) is 1. The van der Waals surface area contributed by atoms with Gasteiger partial charge in [0.2, 0.25) is 0 Å². The van der Waals surface area contributed by atoms with Gasteiger partial charge in [0, 0.05) is 18.1 Å². The van der Waals surface area contributed by atoms with Gasteiger partial charge in [0.1, 0.15) is 11.6 Å². The van der Waals surface area contributed by atoms with E-state index >= 15 is 0 Å². The average Bonchev–Trinajstić information content (AvgIpc) is 2.69. The highest BCUT2D eigenvalue weighted by Gasteiger charge is 2.19. The van der Waals surface area contributed by atoms with Crippen molar-refractivity contribution < 1.29 is 14.3 Å². The fraction of sp³-hybridized carbons (Fsp3) is 0.133. The van der Waals surface area contributed by atoms with Crippen LogP contribution in [0, 0.1) is 5.82 Å². The van der Waals surface area contributed by atoms with Crippen molar-refractivity contribution in [2.24, 2.45) is 0 Å². The monoisotopic (exact) mass is 242 g/mol. The van der Waals surface area contributed by atoms with Crippen LogP contribution in [0.5, 0.6) is 5.75 Å². The Morgan fingerprint density at radius 3 is 2.61 bits per heavy atom. The van der Waals surface area contributed by atoms with E-state index in [0.717, 1.165) is 29.2 Å². The maximum Gasteiger partial charge on any atom is 0.163 e. The first-order valence-corrected chi connectivity index (χ1v) is 5.79. The molecule has 0 saturated heterocycles. The van der Waals surface area contributed by atoms with E-state index in [4.69, 9.17) is 0 Å². The predicted octanol–water partition coefficient (Wildman–Crippen LogP) is 3.33. The fourth-order valence-electron chi connectivity index (χ4n) is 2.36. The Labute approximate surface area is 104 Å². The SMILES string of the molecule is O=C1CCc2ccc(-c3cc(O)cc(F)c3)cc21. The van der Waals surface area contributed by atoms with Gasteiger partial charge in [-0.2, -0.15) is 0 Å². The van der Waals surface area contributed by atoms with Crippen molar-refractivity contribution in [3.8, 4) is 16.9 Å². The zero-order chi connectivity index (χ0) is 12.7. The van der Waals surface area contributed by atoms with E-state index in [2.05, 4.69) is 0 Å². The number of halogens is 1. The second-order valence-corrected chi connectivity index (χ2v) is 4.49. The molecule has 2 aromatic carbocycles. The molecule has 3 rings (SSSR count). The number of carbonyl (C=O) groups is 1. The zero-order valence-corrected chi connectivity index (χ0v) is 9.61. The van der Waals surface area contributed by atoms with Gasteiger partial charge in [0.25, 0.3) is 0 Å². The van der Waals surface area contributed by atoms with Crippen molar-refractivity contribution in [2.45, 2.75) is 12.8 Å². The summed E-state index contributed by atoms with van der Waals surface area (Å²) >= 11 is 0. The van der Waals surface area contributed by atoms with Crippen LogP contribution >= 0.6 is 0 Å². The molecular weight excluding hydrogens is 231 g/mol. The van der Waals surface area contributed by atoms with Crippen LogP contribution in [0.3, 0.4) is 0 Å². The highest BCUT2D eigenvalue weighted by atomic mass is 19.1. The fourth-order valence-corrected chi connectivity index (χ4v) is 2.36. The predicted molar refractivity (Wildman–Crippen MR) is 66.2 cm³/mol. The summed E-state index contributed by atoms with van der Waals surface area (Å²) in [6.07, 6.45) is 1.33. The molecule has 1 aliphatic carbocycles. The standard InChI is InChI=1S/C15H11FO2/c16-12-5-11(6-13(17)8-12)10-2-1-9-3-4-15(18)14(9)7-10/h1-2,5-8,17H,3-4H2. The number of aromatic hydroxyl groups is 1. The lowest BCUT2D eigenvalue weighted by atomic mass is 10.00. The van der Waals surface area contributed by atoms with Gasteiger partial charge in [-0.25, -0.2) is 4.39 Å². The molecule has 0 atom stereocenters. The van der Waals surface area contributed by atoms with Crippen LogP contribution in [0.15, 0.2) is 36.4 Å². The van der Waals surface area contributed by atoms with Crippen molar-refractivity contribution >= 4 is 5.78 Å². The van der Waals surface area contributed by atoms with Gasteiger partial charge in [0.05, 0.1) is 0 Å². The summed E-state index contributed by atoms with van der Waals surface area (Å²) in [5.74, 6) is -0.471. The third kappa shape index (κ3) is 1.78. The van der Waals surface area contributed by atoms with Crippen LogP contribution in [0.4, 0.5) is 4.39 Å². The quantitative estimate of drug-likeness (QED) is 0.832.